The summed E-state index contributed by atoms with van der Waals surface area (Å²) in [5.41, 5.74) is 0.0360. The molecule has 0 aromatic heterocycles. The summed E-state index contributed by atoms with van der Waals surface area (Å²) in [4.78, 5) is 16.1. The number of benzene rings is 1. The Morgan fingerprint density at radius 2 is 2.05 bits per heavy atom. The van der Waals surface area contributed by atoms with Gasteiger partial charge in [-0.1, -0.05) is 0 Å². The largest absolute Gasteiger partial charge is 0.508 e. The summed E-state index contributed by atoms with van der Waals surface area (Å²) in [7, 11) is 4.09. The van der Waals surface area contributed by atoms with Crippen LogP contribution >= 0.6 is 0 Å². The molecule has 0 bridgehead atoms. The number of carbonyl (C=O) groups excluding carboxylic acids is 1. The van der Waals surface area contributed by atoms with Crippen molar-refractivity contribution >= 4 is 5.91 Å². The average molecular weight is 280 g/mol. The Bertz CT molecular complexity index is 483. The quantitative estimate of drug-likeness (QED) is 0.920. The summed E-state index contributed by atoms with van der Waals surface area (Å²) in [5.74, 6) is -0.515. The molecule has 1 aliphatic rings. The number of phenols is 1. The SMILES string of the molecule is CN(C)CC1CCN(C(=O)c2ccc(O)cc2F)CC1. The van der Waals surface area contributed by atoms with Gasteiger partial charge >= 0.3 is 0 Å². The van der Waals surface area contributed by atoms with Crippen LogP contribution in [-0.2, 0) is 0 Å². The Hall–Kier alpha value is -1.62. The van der Waals surface area contributed by atoms with E-state index in [2.05, 4.69) is 4.90 Å². The average Bonchev–Trinajstić information content (AvgIpc) is 2.38. The molecule has 1 amide bonds. The number of halogens is 1. The van der Waals surface area contributed by atoms with E-state index in [1.807, 2.05) is 14.1 Å². The van der Waals surface area contributed by atoms with E-state index < -0.39 is 5.82 Å². The van der Waals surface area contributed by atoms with Crippen LogP contribution < -0.4 is 0 Å². The van der Waals surface area contributed by atoms with Crippen molar-refractivity contribution in [3.05, 3.63) is 29.6 Å². The van der Waals surface area contributed by atoms with Gasteiger partial charge < -0.3 is 14.9 Å². The van der Waals surface area contributed by atoms with Crippen LogP contribution in [0.2, 0.25) is 0 Å². The van der Waals surface area contributed by atoms with E-state index >= 15 is 0 Å². The van der Waals surface area contributed by atoms with E-state index in [1.165, 1.54) is 12.1 Å². The molecule has 1 aromatic carbocycles. The van der Waals surface area contributed by atoms with Crippen LogP contribution in [0.25, 0.3) is 0 Å². The predicted molar refractivity (Wildman–Crippen MR) is 75.2 cm³/mol. The second kappa shape index (κ2) is 6.22. The molecule has 1 aromatic rings. The van der Waals surface area contributed by atoms with Gasteiger partial charge in [0.05, 0.1) is 5.56 Å². The van der Waals surface area contributed by atoms with Crippen molar-refractivity contribution in [2.24, 2.45) is 5.92 Å². The highest BCUT2D eigenvalue weighted by atomic mass is 19.1. The highest BCUT2D eigenvalue weighted by Gasteiger charge is 2.25. The third kappa shape index (κ3) is 3.48. The van der Waals surface area contributed by atoms with Crippen molar-refractivity contribution in [2.45, 2.75) is 12.8 Å². The number of aromatic hydroxyl groups is 1. The molecule has 0 aliphatic carbocycles. The lowest BCUT2D eigenvalue weighted by Gasteiger charge is -2.33. The second-order valence-corrected chi connectivity index (χ2v) is 5.66. The van der Waals surface area contributed by atoms with Gasteiger partial charge in [-0.25, -0.2) is 4.39 Å². The highest BCUT2D eigenvalue weighted by molar-refractivity contribution is 5.94. The molecule has 20 heavy (non-hydrogen) atoms. The lowest BCUT2D eigenvalue weighted by Crippen LogP contribution is -2.40. The van der Waals surface area contributed by atoms with Gasteiger partial charge in [-0.15, -0.1) is 0 Å². The van der Waals surface area contributed by atoms with Crippen LogP contribution in [0.3, 0.4) is 0 Å². The van der Waals surface area contributed by atoms with Crippen molar-refractivity contribution in [3.63, 3.8) is 0 Å². The first-order valence-electron chi connectivity index (χ1n) is 6.90. The van der Waals surface area contributed by atoms with Crippen LogP contribution in [-0.4, -0.2) is 54.5 Å². The minimum absolute atomic E-state index is 0.0360. The summed E-state index contributed by atoms with van der Waals surface area (Å²) in [6, 6.07) is 3.67. The minimum Gasteiger partial charge on any atom is -0.508 e. The fourth-order valence-corrected chi connectivity index (χ4v) is 2.68. The monoisotopic (exact) mass is 280 g/mol. The second-order valence-electron chi connectivity index (χ2n) is 5.66. The molecule has 1 fully saturated rings. The summed E-state index contributed by atoms with van der Waals surface area (Å²) >= 11 is 0. The van der Waals surface area contributed by atoms with Gasteiger partial charge in [-0.05, 0) is 45.0 Å². The molecule has 0 unspecified atom stereocenters. The van der Waals surface area contributed by atoms with E-state index in [0.29, 0.717) is 19.0 Å². The number of carbonyl (C=O) groups is 1. The maximum atomic E-state index is 13.7. The number of piperidine rings is 1. The molecule has 2 rings (SSSR count). The predicted octanol–water partition coefficient (Wildman–Crippen LogP) is 1.95. The Morgan fingerprint density at radius 1 is 1.40 bits per heavy atom. The standard InChI is InChI=1S/C15H21FN2O2/c1-17(2)10-11-5-7-18(8-6-11)15(20)13-4-3-12(19)9-14(13)16/h3-4,9,11,19H,5-8,10H2,1-2H3. The molecule has 0 spiro atoms. The number of phenolic OH excluding ortho intramolecular Hbond substituents is 1. The van der Waals surface area contributed by atoms with E-state index in [4.69, 9.17) is 0 Å². The van der Waals surface area contributed by atoms with E-state index in [1.54, 1.807) is 4.90 Å². The number of likely N-dealkylation sites (tertiary alicyclic amines) is 1. The minimum atomic E-state index is -0.662. The zero-order valence-electron chi connectivity index (χ0n) is 12.0. The molecule has 1 aliphatic heterocycles. The third-order valence-corrected chi connectivity index (χ3v) is 3.71. The molecular formula is C15H21FN2O2. The lowest BCUT2D eigenvalue weighted by atomic mass is 9.96. The molecule has 5 heteroatoms. The number of amides is 1. The molecule has 1 saturated heterocycles. The van der Waals surface area contributed by atoms with Crippen LogP contribution in [0.15, 0.2) is 18.2 Å². The van der Waals surface area contributed by atoms with Crippen molar-refractivity contribution in [2.75, 3.05) is 33.7 Å². The molecule has 0 saturated carbocycles. The van der Waals surface area contributed by atoms with Crippen molar-refractivity contribution in [3.8, 4) is 5.75 Å². The Balaban J connectivity index is 1.98. The van der Waals surface area contributed by atoms with Crippen LogP contribution in [0, 0.1) is 11.7 Å². The first-order valence-corrected chi connectivity index (χ1v) is 6.90. The zero-order chi connectivity index (χ0) is 14.7. The molecule has 110 valence electrons. The van der Waals surface area contributed by atoms with Crippen molar-refractivity contribution in [1.29, 1.82) is 0 Å². The summed E-state index contributed by atoms with van der Waals surface area (Å²) in [5, 5.41) is 9.18. The van der Waals surface area contributed by atoms with Gasteiger partial charge in [0.1, 0.15) is 11.6 Å². The first kappa shape index (κ1) is 14.8. The Morgan fingerprint density at radius 3 is 2.60 bits per heavy atom. The number of nitrogens with zero attached hydrogens (tertiary/aromatic N) is 2. The van der Waals surface area contributed by atoms with Crippen LogP contribution in [0.1, 0.15) is 23.2 Å². The molecular weight excluding hydrogens is 259 g/mol. The van der Waals surface area contributed by atoms with E-state index in [-0.39, 0.29) is 17.2 Å². The molecule has 0 atom stereocenters. The normalized spacial score (nSPS) is 16.7. The fourth-order valence-electron chi connectivity index (χ4n) is 2.68. The smallest absolute Gasteiger partial charge is 0.256 e. The molecule has 4 nitrogen and oxygen atoms in total. The molecule has 1 N–H and O–H groups in total. The molecule has 0 radical (unpaired) electrons. The summed E-state index contributed by atoms with van der Waals surface area (Å²) in [6.45, 7) is 2.35. The summed E-state index contributed by atoms with van der Waals surface area (Å²) in [6.07, 6.45) is 1.90. The van der Waals surface area contributed by atoms with Crippen molar-refractivity contribution in [1.82, 2.24) is 9.80 Å². The fraction of sp³-hybridized carbons (Fsp3) is 0.533. The van der Waals surface area contributed by atoms with Gasteiger partial charge in [0, 0.05) is 25.7 Å². The third-order valence-electron chi connectivity index (χ3n) is 3.71. The number of hydrogen-bond acceptors (Lipinski definition) is 3. The van der Waals surface area contributed by atoms with Gasteiger partial charge in [-0.2, -0.15) is 0 Å². The van der Waals surface area contributed by atoms with E-state index in [0.717, 1.165) is 25.5 Å². The van der Waals surface area contributed by atoms with Gasteiger partial charge in [0.25, 0.3) is 5.91 Å². The van der Waals surface area contributed by atoms with Gasteiger partial charge in [0.2, 0.25) is 0 Å². The Kier molecular flexibility index (Phi) is 4.60. The zero-order valence-corrected chi connectivity index (χ0v) is 12.0. The topological polar surface area (TPSA) is 43.8 Å². The number of rotatable bonds is 3. The van der Waals surface area contributed by atoms with Crippen LogP contribution in [0.5, 0.6) is 5.75 Å². The Labute approximate surface area is 118 Å². The maximum absolute atomic E-state index is 13.7. The number of hydrogen-bond donors (Lipinski definition) is 1. The highest BCUT2D eigenvalue weighted by Crippen LogP contribution is 2.22. The lowest BCUT2D eigenvalue weighted by molar-refractivity contribution is 0.0673. The maximum Gasteiger partial charge on any atom is 0.256 e. The van der Waals surface area contributed by atoms with Gasteiger partial charge in [-0.3, -0.25) is 4.79 Å². The first-order chi connectivity index (χ1) is 9.47. The van der Waals surface area contributed by atoms with E-state index in [9.17, 15) is 14.3 Å². The summed E-state index contributed by atoms with van der Waals surface area (Å²) < 4.78 is 13.7. The van der Waals surface area contributed by atoms with Crippen molar-refractivity contribution < 1.29 is 14.3 Å². The molecule has 1 heterocycles. The van der Waals surface area contributed by atoms with Crippen LogP contribution in [0.4, 0.5) is 4.39 Å². The van der Waals surface area contributed by atoms with Gasteiger partial charge in [0.15, 0.2) is 0 Å².